The van der Waals surface area contributed by atoms with E-state index in [1.165, 1.54) is 32.1 Å². The van der Waals surface area contributed by atoms with Gasteiger partial charge in [0.25, 0.3) is 0 Å². The average Bonchev–Trinajstić information content (AvgIpc) is 3.11. The summed E-state index contributed by atoms with van der Waals surface area (Å²) in [5, 5.41) is 3.75. The van der Waals surface area contributed by atoms with E-state index in [2.05, 4.69) is 15.3 Å². The largest absolute Gasteiger partial charge is 0.444 e. The third-order valence-corrected chi connectivity index (χ3v) is 5.33. The van der Waals surface area contributed by atoms with Gasteiger partial charge in [0.2, 0.25) is 0 Å². The fraction of sp³-hybridized carbons (Fsp3) is 0.545. The molecule has 1 aromatic carbocycles. The minimum atomic E-state index is -0.526. The smallest absolute Gasteiger partial charge is 0.408 e. The Morgan fingerprint density at radius 2 is 1.93 bits per heavy atom. The summed E-state index contributed by atoms with van der Waals surface area (Å²) in [6.07, 6.45) is 8.58. The Bertz CT molecular complexity index is 774. The zero-order chi connectivity index (χ0) is 20.1. The molecule has 0 spiro atoms. The molecule has 1 aliphatic rings. The van der Waals surface area contributed by atoms with Crippen LogP contribution in [0.15, 0.2) is 30.5 Å². The SMILES string of the molecule is CC(C)(C)OC(=O)N[C@H](CC1CCCCC1)c1cnc(-c2ccc(Cl)cc2)[nH]1. The molecule has 0 aliphatic heterocycles. The maximum Gasteiger partial charge on any atom is 0.408 e. The maximum atomic E-state index is 12.4. The van der Waals surface area contributed by atoms with Crippen LogP contribution in [-0.2, 0) is 4.74 Å². The highest BCUT2D eigenvalue weighted by Crippen LogP contribution is 2.32. The predicted molar refractivity (Wildman–Crippen MR) is 112 cm³/mol. The van der Waals surface area contributed by atoms with E-state index in [0.29, 0.717) is 10.9 Å². The molecule has 0 radical (unpaired) electrons. The van der Waals surface area contributed by atoms with Crippen molar-refractivity contribution in [3.05, 3.63) is 41.2 Å². The van der Waals surface area contributed by atoms with E-state index in [-0.39, 0.29) is 6.04 Å². The van der Waals surface area contributed by atoms with Crippen molar-refractivity contribution in [2.45, 2.75) is 70.9 Å². The average molecular weight is 404 g/mol. The Kier molecular flexibility index (Phi) is 6.65. The number of H-pyrrole nitrogens is 1. The van der Waals surface area contributed by atoms with Crippen LogP contribution in [0.2, 0.25) is 5.02 Å². The predicted octanol–water partition coefficient (Wildman–Crippen LogP) is 6.27. The zero-order valence-electron chi connectivity index (χ0n) is 16.9. The molecule has 3 rings (SSSR count). The van der Waals surface area contributed by atoms with Gasteiger partial charge in [-0.05, 0) is 57.4 Å². The number of rotatable bonds is 5. The molecule has 2 N–H and O–H groups in total. The molecule has 6 heteroatoms. The monoisotopic (exact) mass is 403 g/mol. The minimum Gasteiger partial charge on any atom is -0.444 e. The number of amides is 1. The van der Waals surface area contributed by atoms with Crippen LogP contribution >= 0.6 is 11.6 Å². The van der Waals surface area contributed by atoms with Gasteiger partial charge in [0.1, 0.15) is 11.4 Å². The van der Waals surface area contributed by atoms with Gasteiger partial charge in [-0.2, -0.15) is 0 Å². The van der Waals surface area contributed by atoms with Crippen LogP contribution in [-0.4, -0.2) is 21.7 Å². The second-order valence-electron chi connectivity index (χ2n) is 8.63. The van der Waals surface area contributed by atoms with Crippen molar-refractivity contribution in [2.24, 2.45) is 5.92 Å². The highest BCUT2D eigenvalue weighted by atomic mass is 35.5. The number of alkyl carbamates (subject to hydrolysis) is 1. The Morgan fingerprint density at radius 3 is 2.57 bits per heavy atom. The molecule has 2 aromatic rings. The van der Waals surface area contributed by atoms with Crippen molar-refractivity contribution in [3.63, 3.8) is 0 Å². The molecule has 0 unspecified atom stereocenters. The van der Waals surface area contributed by atoms with Crippen molar-refractivity contribution in [1.29, 1.82) is 0 Å². The van der Waals surface area contributed by atoms with E-state index < -0.39 is 11.7 Å². The summed E-state index contributed by atoms with van der Waals surface area (Å²) >= 11 is 5.98. The molecule has 1 fully saturated rings. The molecule has 1 amide bonds. The van der Waals surface area contributed by atoms with Crippen molar-refractivity contribution in [3.8, 4) is 11.4 Å². The van der Waals surface area contributed by atoms with Gasteiger partial charge in [-0.25, -0.2) is 9.78 Å². The molecule has 0 bridgehead atoms. The molecule has 1 heterocycles. The fourth-order valence-electron chi connectivity index (χ4n) is 3.74. The van der Waals surface area contributed by atoms with Crippen LogP contribution in [0.25, 0.3) is 11.4 Å². The third kappa shape index (κ3) is 5.99. The van der Waals surface area contributed by atoms with E-state index in [1.54, 1.807) is 0 Å². The van der Waals surface area contributed by atoms with Gasteiger partial charge in [-0.1, -0.05) is 43.7 Å². The Morgan fingerprint density at radius 1 is 1.25 bits per heavy atom. The second kappa shape index (κ2) is 8.99. The molecule has 28 heavy (non-hydrogen) atoms. The molecule has 152 valence electrons. The van der Waals surface area contributed by atoms with E-state index in [0.717, 1.165) is 23.5 Å². The van der Waals surface area contributed by atoms with Crippen molar-refractivity contribution in [2.75, 3.05) is 0 Å². The van der Waals surface area contributed by atoms with Gasteiger partial charge in [-0.3, -0.25) is 0 Å². The minimum absolute atomic E-state index is 0.147. The highest BCUT2D eigenvalue weighted by Gasteiger charge is 2.25. The lowest BCUT2D eigenvalue weighted by Crippen LogP contribution is -2.36. The summed E-state index contributed by atoms with van der Waals surface area (Å²) in [5.74, 6) is 1.38. The number of hydrogen-bond acceptors (Lipinski definition) is 3. The van der Waals surface area contributed by atoms with Gasteiger partial charge >= 0.3 is 6.09 Å². The molecular formula is C22H30ClN3O2. The number of benzene rings is 1. The first-order valence-corrected chi connectivity index (χ1v) is 10.5. The molecule has 1 aromatic heterocycles. The highest BCUT2D eigenvalue weighted by molar-refractivity contribution is 6.30. The van der Waals surface area contributed by atoms with Gasteiger partial charge < -0.3 is 15.0 Å². The maximum absolute atomic E-state index is 12.4. The molecule has 1 aliphatic carbocycles. The summed E-state index contributed by atoms with van der Waals surface area (Å²) in [4.78, 5) is 20.3. The Labute approximate surface area is 172 Å². The first kappa shape index (κ1) is 20.7. The first-order chi connectivity index (χ1) is 13.3. The summed E-state index contributed by atoms with van der Waals surface area (Å²) in [5.41, 5.74) is 1.34. The first-order valence-electron chi connectivity index (χ1n) is 10.1. The number of nitrogens with one attached hydrogen (secondary N) is 2. The number of carbonyl (C=O) groups is 1. The van der Waals surface area contributed by atoms with Crippen molar-refractivity contribution < 1.29 is 9.53 Å². The molecular weight excluding hydrogens is 374 g/mol. The van der Waals surface area contributed by atoms with Gasteiger partial charge in [-0.15, -0.1) is 0 Å². The number of hydrogen-bond donors (Lipinski definition) is 2. The number of imidazole rings is 1. The fourth-order valence-corrected chi connectivity index (χ4v) is 3.86. The van der Waals surface area contributed by atoms with E-state index in [1.807, 2.05) is 51.2 Å². The Hall–Kier alpha value is -2.01. The van der Waals surface area contributed by atoms with E-state index >= 15 is 0 Å². The number of aromatic nitrogens is 2. The topological polar surface area (TPSA) is 67.0 Å². The van der Waals surface area contributed by atoms with Gasteiger partial charge in [0.05, 0.1) is 17.9 Å². The van der Waals surface area contributed by atoms with Crippen LogP contribution in [0.4, 0.5) is 4.79 Å². The number of ether oxygens (including phenoxy) is 1. The standard InChI is InChI=1S/C22H30ClN3O2/c1-22(2,3)28-21(27)26-18(13-15-7-5-4-6-8-15)19-14-24-20(25-19)16-9-11-17(23)12-10-16/h9-12,14-15,18H,4-8,13H2,1-3H3,(H,24,25)(H,26,27)/t18-/m1/s1. The van der Waals surface area contributed by atoms with Gasteiger partial charge in [0, 0.05) is 10.6 Å². The van der Waals surface area contributed by atoms with Crippen LogP contribution in [0.5, 0.6) is 0 Å². The third-order valence-electron chi connectivity index (χ3n) is 5.07. The summed E-state index contributed by atoms with van der Waals surface area (Å²) in [6.45, 7) is 5.62. The summed E-state index contributed by atoms with van der Waals surface area (Å²) < 4.78 is 5.48. The van der Waals surface area contributed by atoms with Crippen molar-refractivity contribution >= 4 is 17.7 Å². The van der Waals surface area contributed by atoms with Crippen LogP contribution in [0.1, 0.15) is 71.0 Å². The Balaban J connectivity index is 1.77. The lowest BCUT2D eigenvalue weighted by Gasteiger charge is -2.28. The normalized spacial score (nSPS) is 16.6. The van der Waals surface area contributed by atoms with Crippen molar-refractivity contribution in [1.82, 2.24) is 15.3 Å². The van der Waals surface area contributed by atoms with Gasteiger partial charge in [0.15, 0.2) is 0 Å². The lowest BCUT2D eigenvalue weighted by molar-refractivity contribution is 0.0493. The summed E-state index contributed by atoms with van der Waals surface area (Å²) in [6, 6.07) is 7.41. The molecule has 5 nitrogen and oxygen atoms in total. The molecule has 1 saturated carbocycles. The second-order valence-corrected chi connectivity index (χ2v) is 9.07. The lowest BCUT2D eigenvalue weighted by atomic mass is 9.84. The number of carbonyl (C=O) groups excluding carboxylic acids is 1. The summed E-state index contributed by atoms with van der Waals surface area (Å²) in [7, 11) is 0. The van der Waals surface area contributed by atoms with Crippen LogP contribution in [0, 0.1) is 5.92 Å². The molecule has 1 atom stereocenters. The number of halogens is 1. The quantitative estimate of drug-likeness (QED) is 0.618. The van der Waals surface area contributed by atoms with E-state index in [4.69, 9.17) is 16.3 Å². The zero-order valence-corrected chi connectivity index (χ0v) is 17.7. The van der Waals surface area contributed by atoms with Crippen LogP contribution < -0.4 is 5.32 Å². The van der Waals surface area contributed by atoms with Crippen LogP contribution in [0.3, 0.4) is 0 Å². The number of nitrogens with zero attached hydrogens (tertiary/aromatic N) is 1. The van der Waals surface area contributed by atoms with E-state index in [9.17, 15) is 4.79 Å². The number of aromatic amines is 1. The molecule has 0 saturated heterocycles.